The minimum Gasteiger partial charge on any atom is -0.329 e. The SMILES string of the molecule is CC(C)(C)N1C(=O)CC(N)C1c1c(F)cccc1Cl. The Balaban J connectivity index is 2.55. The average Bonchev–Trinajstić information content (AvgIpc) is 2.53. The van der Waals surface area contributed by atoms with E-state index in [1.807, 2.05) is 20.8 Å². The lowest BCUT2D eigenvalue weighted by Crippen LogP contribution is -2.45. The zero-order valence-electron chi connectivity index (χ0n) is 11.3. The molecule has 0 aliphatic carbocycles. The van der Waals surface area contributed by atoms with Gasteiger partial charge in [0.2, 0.25) is 5.91 Å². The van der Waals surface area contributed by atoms with Crippen LogP contribution in [-0.2, 0) is 4.79 Å². The van der Waals surface area contributed by atoms with E-state index in [9.17, 15) is 9.18 Å². The summed E-state index contributed by atoms with van der Waals surface area (Å²) in [6.07, 6.45) is 0.215. The van der Waals surface area contributed by atoms with E-state index in [2.05, 4.69) is 0 Å². The smallest absolute Gasteiger partial charge is 0.225 e. The summed E-state index contributed by atoms with van der Waals surface area (Å²) >= 11 is 6.10. The van der Waals surface area contributed by atoms with Gasteiger partial charge in [-0.25, -0.2) is 4.39 Å². The zero-order chi connectivity index (χ0) is 14.4. The van der Waals surface area contributed by atoms with Crippen LogP contribution in [0.2, 0.25) is 5.02 Å². The molecule has 19 heavy (non-hydrogen) atoms. The summed E-state index contributed by atoms with van der Waals surface area (Å²) in [5, 5.41) is 0.310. The van der Waals surface area contributed by atoms with Crippen LogP contribution in [0.4, 0.5) is 4.39 Å². The standard InChI is InChI=1S/C14H18ClFN2O/c1-14(2,3)18-11(19)7-10(17)13(18)12-8(15)5-4-6-9(12)16/h4-6,10,13H,7,17H2,1-3H3. The Morgan fingerprint density at radius 3 is 2.58 bits per heavy atom. The maximum Gasteiger partial charge on any atom is 0.225 e. The van der Waals surface area contributed by atoms with Gasteiger partial charge in [-0.2, -0.15) is 0 Å². The van der Waals surface area contributed by atoms with Crippen molar-refractivity contribution in [3.63, 3.8) is 0 Å². The van der Waals surface area contributed by atoms with E-state index in [0.29, 0.717) is 10.6 Å². The minimum absolute atomic E-state index is 0.0654. The van der Waals surface area contributed by atoms with E-state index >= 15 is 0 Å². The molecule has 1 aromatic rings. The van der Waals surface area contributed by atoms with Gasteiger partial charge in [0.25, 0.3) is 0 Å². The maximum atomic E-state index is 14.1. The molecule has 5 heteroatoms. The molecule has 1 saturated heterocycles. The van der Waals surface area contributed by atoms with Crippen molar-refractivity contribution in [1.29, 1.82) is 0 Å². The molecule has 0 aromatic heterocycles. The predicted octanol–water partition coefficient (Wildman–Crippen LogP) is 2.88. The largest absolute Gasteiger partial charge is 0.329 e. The molecule has 1 aliphatic heterocycles. The van der Waals surface area contributed by atoms with Gasteiger partial charge in [-0.1, -0.05) is 17.7 Å². The summed E-state index contributed by atoms with van der Waals surface area (Å²) in [4.78, 5) is 13.8. The van der Waals surface area contributed by atoms with Gasteiger partial charge in [0.15, 0.2) is 0 Å². The number of hydrogen-bond acceptors (Lipinski definition) is 2. The first-order valence-corrected chi connectivity index (χ1v) is 6.63. The number of likely N-dealkylation sites (tertiary alicyclic amines) is 1. The highest BCUT2D eigenvalue weighted by Gasteiger charge is 2.45. The summed E-state index contributed by atoms with van der Waals surface area (Å²) in [6, 6.07) is 3.56. The Morgan fingerprint density at radius 1 is 1.42 bits per heavy atom. The van der Waals surface area contributed by atoms with Gasteiger partial charge >= 0.3 is 0 Å². The van der Waals surface area contributed by atoms with E-state index in [4.69, 9.17) is 17.3 Å². The molecule has 2 atom stereocenters. The lowest BCUT2D eigenvalue weighted by Gasteiger charge is -2.38. The molecule has 1 fully saturated rings. The van der Waals surface area contributed by atoms with E-state index in [1.165, 1.54) is 6.07 Å². The van der Waals surface area contributed by atoms with Crippen molar-refractivity contribution in [3.8, 4) is 0 Å². The number of amides is 1. The number of halogens is 2. The average molecular weight is 285 g/mol. The first kappa shape index (κ1) is 14.3. The minimum atomic E-state index is -0.513. The first-order valence-electron chi connectivity index (χ1n) is 6.25. The number of rotatable bonds is 1. The van der Waals surface area contributed by atoms with E-state index in [-0.39, 0.29) is 12.3 Å². The van der Waals surface area contributed by atoms with Crippen LogP contribution in [0.3, 0.4) is 0 Å². The van der Waals surface area contributed by atoms with Crippen molar-refractivity contribution >= 4 is 17.5 Å². The normalized spacial score (nSPS) is 24.1. The monoisotopic (exact) mass is 284 g/mol. The summed E-state index contributed by atoms with van der Waals surface area (Å²) in [6.45, 7) is 5.72. The molecular formula is C14H18ClFN2O. The number of benzene rings is 1. The summed E-state index contributed by atoms with van der Waals surface area (Å²) in [7, 11) is 0. The van der Waals surface area contributed by atoms with Crippen LogP contribution in [0.25, 0.3) is 0 Å². The Bertz CT molecular complexity index is 492. The third-order valence-corrected chi connectivity index (χ3v) is 3.71. The van der Waals surface area contributed by atoms with Gasteiger partial charge in [0.1, 0.15) is 5.82 Å². The van der Waals surface area contributed by atoms with Crippen molar-refractivity contribution in [2.45, 2.75) is 44.8 Å². The molecule has 0 saturated carbocycles. The fraction of sp³-hybridized carbons (Fsp3) is 0.500. The Morgan fingerprint density at radius 2 is 2.05 bits per heavy atom. The van der Waals surface area contributed by atoms with E-state index < -0.39 is 23.4 Å². The summed E-state index contributed by atoms with van der Waals surface area (Å²) in [5.41, 5.74) is 5.93. The molecule has 0 spiro atoms. The molecule has 2 N–H and O–H groups in total. The topological polar surface area (TPSA) is 46.3 Å². The lowest BCUT2D eigenvalue weighted by atomic mass is 9.96. The second-order valence-corrected chi connectivity index (χ2v) is 6.29. The second-order valence-electron chi connectivity index (χ2n) is 5.88. The molecule has 1 aliphatic rings. The number of nitrogens with zero attached hydrogens (tertiary/aromatic N) is 1. The third-order valence-electron chi connectivity index (χ3n) is 3.38. The quantitative estimate of drug-likeness (QED) is 0.862. The fourth-order valence-electron chi connectivity index (χ4n) is 2.69. The fourth-order valence-corrected chi connectivity index (χ4v) is 2.96. The van der Waals surface area contributed by atoms with Gasteiger partial charge < -0.3 is 10.6 Å². The van der Waals surface area contributed by atoms with Crippen LogP contribution in [0.15, 0.2) is 18.2 Å². The maximum absolute atomic E-state index is 14.1. The predicted molar refractivity (Wildman–Crippen MR) is 73.3 cm³/mol. The number of carbonyl (C=O) groups excluding carboxylic acids is 1. The molecule has 1 amide bonds. The third kappa shape index (κ3) is 2.47. The van der Waals surface area contributed by atoms with Gasteiger partial charge in [-0.05, 0) is 32.9 Å². The molecule has 104 valence electrons. The highest BCUT2D eigenvalue weighted by Crippen LogP contribution is 2.41. The van der Waals surface area contributed by atoms with Crippen LogP contribution in [0.1, 0.15) is 38.8 Å². The zero-order valence-corrected chi connectivity index (χ0v) is 12.0. The summed E-state index contributed by atoms with van der Waals surface area (Å²) < 4.78 is 14.1. The lowest BCUT2D eigenvalue weighted by molar-refractivity contribution is -0.133. The molecule has 1 aromatic carbocycles. The van der Waals surface area contributed by atoms with E-state index in [1.54, 1.807) is 17.0 Å². The Labute approximate surface area is 117 Å². The van der Waals surface area contributed by atoms with Crippen LogP contribution in [0.5, 0.6) is 0 Å². The van der Waals surface area contributed by atoms with Gasteiger partial charge in [0.05, 0.1) is 6.04 Å². The number of nitrogens with two attached hydrogens (primary N) is 1. The van der Waals surface area contributed by atoms with Gasteiger partial charge in [0, 0.05) is 28.6 Å². The van der Waals surface area contributed by atoms with Crippen molar-refractivity contribution < 1.29 is 9.18 Å². The van der Waals surface area contributed by atoms with Crippen LogP contribution in [0, 0.1) is 5.82 Å². The van der Waals surface area contributed by atoms with Crippen molar-refractivity contribution in [2.75, 3.05) is 0 Å². The molecule has 3 nitrogen and oxygen atoms in total. The molecule has 0 radical (unpaired) electrons. The van der Waals surface area contributed by atoms with Crippen LogP contribution in [-0.4, -0.2) is 22.4 Å². The first-order chi connectivity index (χ1) is 8.73. The molecular weight excluding hydrogens is 267 g/mol. The van der Waals surface area contributed by atoms with Crippen LogP contribution >= 0.6 is 11.6 Å². The Kier molecular flexibility index (Phi) is 3.58. The summed E-state index contributed by atoms with van der Waals surface area (Å²) in [5.74, 6) is -0.485. The second kappa shape index (κ2) is 4.76. The highest BCUT2D eigenvalue weighted by atomic mass is 35.5. The van der Waals surface area contributed by atoms with Gasteiger partial charge in [-0.3, -0.25) is 4.79 Å². The molecule has 2 unspecified atom stereocenters. The molecule has 1 heterocycles. The van der Waals surface area contributed by atoms with Crippen molar-refractivity contribution in [1.82, 2.24) is 4.90 Å². The molecule has 2 rings (SSSR count). The van der Waals surface area contributed by atoms with Gasteiger partial charge in [-0.15, -0.1) is 0 Å². The number of hydrogen-bond donors (Lipinski definition) is 1. The Hall–Kier alpha value is -1.13. The molecule has 0 bridgehead atoms. The van der Waals surface area contributed by atoms with E-state index in [0.717, 1.165) is 0 Å². The highest BCUT2D eigenvalue weighted by molar-refractivity contribution is 6.31. The number of carbonyl (C=O) groups is 1. The van der Waals surface area contributed by atoms with Crippen LogP contribution < -0.4 is 5.73 Å². The van der Waals surface area contributed by atoms with Crippen molar-refractivity contribution in [2.24, 2.45) is 5.73 Å². The van der Waals surface area contributed by atoms with Crippen molar-refractivity contribution in [3.05, 3.63) is 34.6 Å².